The van der Waals surface area contributed by atoms with E-state index in [2.05, 4.69) is 30.6 Å². The topological polar surface area (TPSA) is 92.5 Å². The van der Waals surface area contributed by atoms with Gasteiger partial charge in [0.15, 0.2) is 0 Å². The lowest BCUT2D eigenvalue weighted by Gasteiger charge is -2.09. The van der Waals surface area contributed by atoms with E-state index in [4.69, 9.17) is 10.5 Å². The smallest absolute Gasteiger partial charge is 0.271 e. The predicted molar refractivity (Wildman–Crippen MR) is 115 cm³/mol. The molecule has 6 nitrogen and oxygen atoms in total. The Morgan fingerprint density at radius 1 is 1.22 bits per heavy atom. The molecule has 0 unspecified atom stereocenters. The normalized spacial score (nSPS) is 11.6. The van der Waals surface area contributed by atoms with Crippen LogP contribution in [0.15, 0.2) is 62.8 Å². The van der Waals surface area contributed by atoms with Gasteiger partial charge in [-0.2, -0.15) is 0 Å². The van der Waals surface area contributed by atoms with Crippen LogP contribution in [0.2, 0.25) is 0 Å². The molecule has 140 valence electrons. The summed E-state index contributed by atoms with van der Waals surface area (Å²) >= 11 is 4.61. The van der Waals surface area contributed by atoms with Gasteiger partial charge >= 0.3 is 0 Å². The minimum atomic E-state index is -0.251. The van der Waals surface area contributed by atoms with Crippen molar-refractivity contribution in [2.24, 2.45) is 10.7 Å². The zero-order valence-electron chi connectivity index (χ0n) is 14.8. The molecule has 0 spiro atoms. The Labute approximate surface area is 169 Å². The second-order valence-corrected chi connectivity index (χ2v) is 7.79. The fourth-order valence-electron chi connectivity index (χ4n) is 2.37. The maximum Gasteiger partial charge on any atom is 0.271 e. The minimum Gasteiger partial charge on any atom is -0.457 e. The van der Waals surface area contributed by atoms with Crippen molar-refractivity contribution < 1.29 is 4.74 Å². The second-order valence-electron chi connectivity index (χ2n) is 6.05. The summed E-state index contributed by atoms with van der Waals surface area (Å²) in [6.07, 6.45) is 0. The van der Waals surface area contributed by atoms with E-state index in [0.717, 1.165) is 15.9 Å². The average molecular weight is 447 g/mol. The Kier molecular flexibility index (Phi) is 5.98. The van der Waals surface area contributed by atoms with E-state index in [-0.39, 0.29) is 17.4 Å². The molecule has 0 saturated carbocycles. The highest BCUT2D eigenvalue weighted by molar-refractivity contribution is 9.10. The number of rotatable bonds is 6. The molecule has 0 amide bonds. The first-order valence-corrected chi connectivity index (χ1v) is 9.89. The molecule has 0 aliphatic heterocycles. The van der Waals surface area contributed by atoms with Crippen molar-refractivity contribution in [2.75, 3.05) is 5.32 Å². The highest BCUT2D eigenvalue weighted by Crippen LogP contribution is 2.27. The van der Waals surface area contributed by atoms with E-state index in [9.17, 15) is 4.79 Å². The summed E-state index contributed by atoms with van der Waals surface area (Å²) in [5, 5.41) is 3.84. The third kappa shape index (κ3) is 4.99. The summed E-state index contributed by atoms with van der Waals surface area (Å²) in [5.74, 6) is 1.68. The first kappa shape index (κ1) is 19.2. The molecule has 0 radical (unpaired) electrons. The minimum absolute atomic E-state index is 0.00612. The molecular formula is C19H19BrN4O2S. The van der Waals surface area contributed by atoms with Crippen LogP contribution in [0.5, 0.6) is 11.5 Å². The molecule has 3 rings (SSSR count). The number of H-pyrrole nitrogens is 1. The highest BCUT2D eigenvalue weighted by Gasteiger charge is 2.15. The predicted octanol–water partition coefficient (Wildman–Crippen LogP) is 4.85. The zero-order valence-corrected chi connectivity index (χ0v) is 17.2. The Morgan fingerprint density at radius 3 is 2.63 bits per heavy atom. The van der Waals surface area contributed by atoms with Crippen molar-refractivity contribution in [3.63, 3.8) is 0 Å². The summed E-state index contributed by atoms with van der Waals surface area (Å²) in [4.78, 5) is 16.3. The number of hydrogen-bond donors (Lipinski definition) is 3. The van der Waals surface area contributed by atoms with E-state index in [1.807, 2.05) is 62.4 Å². The van der Waals surface area contributed by atoms with E-state index < -0.39 is 0 Å². The number of amidine groups is 1. The third-order valence-corrected chi connectivity index (χ3v) is 4.79. The number of aromatic amines is 1. The van der Waals surface area contributed by atoms with E-state index in [1.165, 1.54) is 11.5 Å². The largest absolute Gasteiger partial charge is 0.457 e. The second kappa shape index (κ2) is 8.41. The van der Waals surface area contributed by atoms with Crippen molar-refractivity contribution in [3.8, 4) is 11.5 Å². The van der Waals surface area contributed by atoms with Crippen molar-refractivity contribution in [1.82, 2.24) is 4.37 Å². The van der Waals surface area contributed by atoms with Crippen LogP contribution in [-0.4, -0.2) is 16.3 Å². The van der Waals surface area contributed by atoms with Crippen LogP contribution in [0.1, 0.15) is 19.4 Å². The number of hydrogen-bond acceptors (Lipinski definition) is 5. The van der Waals surface area contributed by atoms with E-state index in [0.29, 0.717) is 16.3 Å². The number of benzene rings is 2. The Bertz CT molecular complexity index is 1010. The van der Waals surface area contributed by atoms with Crippen LogP contribution in [0.3, 0.4) is 0 Å². The van der Waals surface area contributed by atoms with Crippen LogP contribution in [0, 0.1) is 0 Å². The molecule has 8 heteroatoms. The number of halogens is 1. The molecule has 0 fully saturated rings. The summed E-state index contributed by atoms with van der Waals surface area (Å²) in [6.45, 7) is 3.81. The van der Waals surface area contributed by atoms with E-state index >= 15 is 0 Å². The number of anilines is 2. The molecule has 0 aliphatic carbocycles. The van der Waals surface area contributed by atoms with Crippen LogP contribution in [-0.2, 0) is 0 Å². The molecule has 27 heavy (non-hydrogen) atoms. The molecule has 3 aromatic rings. The molecule has 2 aromatic carbocycles. The van der Waals surface area contributed by atoms with E-state index in [1.54, 1.807) is 0 Å². The van der Waals surface area contributed by atoms with Crippen LogP contribution in [0.4, 0.5) is 10.7 Å². The summed E-state index contributed by atoms with van der Waals surface area (Å²) in [5.41, 5.74) is 6.91. The van der Waals surface area contributed by atoms with Gasteiger partial charge in [0, 0.05) is 16.2 Å². The molecule has 0 aliphatic rings. The number of aliphatic imine (C=N–C) groups is 1. The monoisotopic (exact) mass is 446 g/mol. The lowest BCUT2D eigenvalue weighted by molar-refractivity contribution is 0.482. The summed E-state index contributed by atoms with van der Waals surface area (Å²) < 4.78 is 9.47. The lowest BCUT2D eigenvalue weighted by Crippen LogP contribution is -2.23. The van der Waals surface area contributed by atoms with Crippen molar-refractivity contribution in [1.29, 1.82) is 0 Å². The van der Waals surface area contributed by atoms with Crippen LogP contribution in [0.25, 0.3) is 0 Å². The first-order chi connectivity index (χ1) is 12.9. The third-order valence-electron chi connectivity index (χ3n) is 3.50. The van der Waals surface area contributed by atoms with Crippen molar-refractivity contribution >= 4 is 44.0 Å². The fourth-order valence-corrected chi connectivity index (χ4v) is 3.51. The maximum atomic E-state index is 12.1. The molecule has 0 atom stereocenters. The molecule has 0 saturated heterocycles. The number of nitrogens with two attached hydrogens (primary N) is 1. The number of aromatic nitrogens is 1. The van der Waals surface area contributed by atoms with Gasteiger partial charge in [-0.3, -0.25) is 14.2 Å². The van der Waals surface area contributed by atoms with Crippen molar-refractivity contribution in [2.45, 2.75) is 19.9 Å². The molecule has 1 heterocycles. The molecule has 0 bridgehead atoms. The van der Waals surface area contributed by atoms with Crippen LogP contribution >= 0.6 is 27.5 Å². The SMILES string of the molecule is CC(C)N=C(N)c1c(Nc2ccc(Oc3cccc(Br)c3)cc2)s[nH]c1=O. The Hall–Kier alpha value is -2.58. The summed E-state index contributed by atoms with van der Waals surface area (Å²) in [7, 11) is 0. The zero-order chi connectivity index (χ0) is 19.4. The molecule has 1 aromatic heterocycles. The molecule has 4 N–H and O–H groups in total. The standard InChI is InChI=1S/C19H19BrN4O2S/c1-11(2)22-17(21)16-18(25)24-27-19(16)23-13-6-8-14(9-7-13)26-15-5-3-4-12(20)10-15/h3-11,23H,1-2H3,(H2,21,22)(H,24,25). The molecular weight excluding hydrogens is 428 g/mol. The maximum absolute atomic E-state index is 12.1. The van der Waals surface area contributed by atoms with Gasteiger partial charge in [0.05, 0.1) is 0 Å². The lowest BCUT2D eigenvalue weighted by atomic mass is 10.2. The van der Waals surface area contributed by atoms with Crippen LogP contribution < -0.4 is 21.3 Å². The van der Waals surface area contributed by atoms with Gasteiger partial charge < -0.3 is 15.8 Å². The first-order valence-electron chi connectivity index (χ1n) is 8.28. The average Bonchev–Trinajstić information content (AvgIpc) is 2.96. The van der Waals surface area contributed by atoms with Gasteiger partial charge in [0.2, 0.25) is 0 Å². The van der Waals surface area contributed by atoms with Crippen molar-refractivity contribution in [3.05, 3.63) is 68.9 Å². The Morgan fingerprint density at radius 2 is 1.96 bits per heavy atom. The van der Waals surface area contributed by atoms with Gasteiger partial charge in [-0.15, -0.1) is 0 Å². The number of nitrogens with one attached hydrogen (secondary N) is 2. The Balaban J connectivity index is 1.77. The quantitative estimate of drug-likeness (QED) is 0.372. The summed E-state index contributed by atoms with van der Waals surface area (Å²) in [6, 6.07) is 15.1. The van der Waals surface area contributed by atoms with Gasteiger partial charge in [0.1, 0.15) is 27.9 Å². The highest BCUT2D eigenvalue weighted by atomic mass is 79.9. The van der Waals surface area contributed by atoms with Gasteiger partial charge in [-0.25, -0.2) is 0 Å². The number of nitrogens with zero attached hydrogens (tertiary/aromatic N) is 1. The van der Waals surface area contributed by atoms with Gasteiger partial charge in [-0.05, 0) is 67.8 Å². The fraction of sp³-hybridized carbons (Fsp3) is 0.158. The number of ether oxygens (including phenoxy) is 1. The van der Waals surface area contributed by atoms with Gasteiger partial charge in [0.25, 0.3) is 5.56 Å². The van der Waals surface area contributed by atoms with Gasteiger partial charge in [-0.1, -0.05) is 22.0 Å².